The molecule has 1 N–H and O–H groups in total. The van der Waals surface area contributed by atoms with Gasteiger partial charge in [-0.05, 0) is 24.8 Å². The van der Waals surface area contributed by atoms with Crippen LogP contribution in [0.1, 0.15) is 38.7 Å². The van der Waals surface area contributed by atoms with Crippen molar-refractivity contribution in [2.24, 2.45) is 10.9 Å². The van der Waals surface area contributed by atoms with Gasteiger partial charge in [0.1, 0.15) is 0 Å². The second kappa shape index (κ2) is 9.07. The van der Waals surface area contributed by atoms with E-state index in [0.29, 0.717) is 5.92 Å². The molecule has 1 aliphatic heterocycles. The maximum absolute atomic E-state index is 5.31. The molecular weight excluding hydrogens is 298 g/mol. The zero-order chi connectivity index (χ0) is 17.4. The monoisotopic (exact) mass is 331 g/mol. The Morgan fingerprint density at radius 2 is 2.00 bits per heavy atom. The molecule has 0 radical (unpaired) electrons. The van der Waals surface area contributed by atoms with Crippen LogP contribution < -0.4 is 5.32 Å². The van der Waals surface area contributed by atoms with Crippen molar-refractivity contribution in [3.05, 3.63) is 35.9 Å². The van der Waals surface area contributed by atoms with E-state index in [0.717, 1.165) is 45.0 Å². The molecule has 1 aliphatic rings. The highest BCUT2D eigenvalue weighted by molar-refractivity contribution is 5.80. The quantitative estimate of drug-likeness (QED) is 0.615. The Bertz CT molecular complexity index is 511. The number of ether oxygens (including phenoxy) is 1. The van der Waals surface area contributed by atoms with Gasteiger partial charge in [0.25, 0.3) is 0 Å². The molecule has 1 saturated heterocycles. The molecule has 1 aromatic carbocycles. The molecule has 1 fully saturated rings. The highest BCUT2D eigenvalue weighted by Crippen LogP contribution is 2.31. The normalized spacial score (nSPS) is 18.9. The Balaban J connectivity index is 2.03. The molecule has 0 bridgehead atoms. The van der Waals surface area contributed by atoms with E-state index in [1.165, 1.54) is 12.0 Å². The van der Waals surface area contributed by atoms with E-state index in [4.69, 9.17) is 4.74 Å². The lowest BCUT2D eigenvalue weighted by atomic mass is 9.76. The zero-order valence-electron chi connectivity index (χ0n) is 15.7. The summed E-state index contributed by atoms with van der Waals surface area (Å²) in [5.41, 5.74) is 1.57. The topological polar surface area (TPSA) is 36.9 Å². The van der Waals surface area contributed by atoms with Gasteiger partial charge < -0.3 is 15.0 Å². The van der Waals surface area contributed by atoms with E-state index in [9.17, 15) is 0 Å². The average Bonchev–Trinajstić information content (AvgIpc) is 3.09. The van der Waals surface area contributed by atoms with Crippen molar-refractivity contribution in [2.75, 3.05) is 40.4 Å². The number of hydrogen-bond acceptors (Lipinski definition) is 2. The van der Waals surface area contributed by atoms with Crippen molar-refractivity contribution in [3.63, 3.8) is 0 Å². The highest BCUT2D eigenvalue weighted by atomic mass is 16.5. The predicted octanol–water partition coefficient (Wildman–Crippen LogP) is 3.29. The number of methoxy groups -OCH3 is 1. The summed E-state index contributed by atoms with van der Waals surface area (Å²) in [5.74, 6) is 1.64. The number of benzene rings is 1. The maximum atomic E-state index is 5.31. The van der Waals surface area contributed by atoms with Crippen molar-refractivity contribution in [2.45, 2.75) is 38.5 Å². The molecule has 4 nitrogen and oxygen atoms in total. The number of hydrogen-bond donors (Lipinski definition) is 1. The zero-order valence-corrected chi connectivity index (χ0v) is 15.7. The first-order valence-corrected chi connectivity index (χ1v) is 9.19. The van der Waals surface area contributed by atoms with Crippen LogP contribution in [0.5, 0.6) is 0 Å². The lowest BCUT2D eigenvalue weighted by Gasteiger charge is -2.34. The Kier molecular flexibility index (Phi) is 7.10. The van der Waals surface area contributed by atoms with Crippen LogP contribution in [0.3, 0.4) is 0 Å². The summed E-state index contributed by atoms with van der Waals surface area (Å²) in [7, 11) is 3.67. The summed E-state index contributed by atoms with van der Waals surface area (Å²) in [6.45, 7) is 8.42. The van der Waals surface area contributed by atoms with E-state index in [-0.39, 0.29) is 5.41 Å². The van der Waals surface area contributed by atoms with Gasteiger partial charge in [-0.15, -0.1) is 0 Å². The number of guanidine groups is 1. The first kappa shape index (κ1) is 18.8. The standard InChI is InChI=1S/C20H33N3O/c1-5-20(6-2,18-10-8-7-9-11-18)16-22-19(21-3)23-13-12-17(14-23)15-24-4/h7-11,17H,5-6,12-16H2,1-4H3,(H,21,22). The molecule has 0 aliphatic carbocycles. The molecule has 0 aromatic heterocycles. The molecule has 0 amide bonds. The first-order valence-electron chi connectivity index (χ1n) is 9.19. The van der Waals surface area contributed by atoms with E-state index in [2.05, 4.69) is 59.4 Å². The molecule has 1 atom stereocenters. The SMILES string of the molecule is CCC(CC)(CNC(=NC)N1CCC(COC)C1)c1ccccc1. The van der Waals surface area contributed by atoms with Gasteiger partial charge >= 0.3 is 0 Å². The Labute approximate surface area is 147 Å². The van der Waals surface area contributed by atoms with Crippen LogP contribution in [-0.4, -0.2) is 51.3 Å². The van der Waals surface area contributed by atoms with Crippen LogP contribution in [-0.2, 0) is 10.2 Å². The fraction of sp³-hybridized carbons (Fsp3) is 0.650. The Morgan fingerprint density at radius 1 is 1.29 bits per heavy atom. The van der Waals surface area contributed by atoms with Gasteiger partial charge in [-0.1, -0.05) is 44.2 Å². The fourth-order valence-electron chi connectivity index (χ4n) is 3.78. The predicted molar refractivity (Wildman–Crippen MR) is 102 cm³/mol. The minimum absolute atomic E-state index is 0.156. The largest absolute Gasteiger partial charge is 0.384 e. The summed E-state index contributed by atoms with van der Waals surface area (Å²) < 4.78 is 5.31. The highest BCUT2D eigenvalue weighted by Gasteiger charge is 2.30. The van der Waals surface area contributed by atoms with Gasteiger partial charge in [0.05, 0.1) is 6.61 Å². The molecule has 0 spiro atoms. The molecular formula is C20H33N3O. The second-order valence-corrected chi connectivity index (χ2v) is 6.81. The summed E-state index contributed by atoms with van der Waals surface area (Å²) in [4.78, 5) is 6.89. The van der Waals surface area contributed by atoms with Crippen molar-refractivity contribution in [1.82, 2.24) is 10.2 Å². The lowest BCUT2D eigenvalue weighted by Crippen LogP contribution is -2.46. The lowest BCUT2D eigenvalue weighted by molar-refractivity contribution is 0.157. The van der Waals surface area contributed by atoms with Crippen LogP contribution >= 0.6 is 0 Å². The number of nitrogens with one attached hydrogen (secondary N) is 1. The molecule has 24 heavy (non-hydrogen) atoms. The van der Waals surface area contributed by atoms with Crippen LogP contribution in [0.4, 0.5) is 0 Å². The summed E-state index contributed by atoms with van der Waals surface area (Å²) >= 11 is 0. The van der Waals surface area contributed by atoms with Gasteiger partial charge in [-0.3, -0.25) is 4.99 Å². The third-order valence-corrected chi connectivity index (χ3v) is 5.52. The minimum atomic E-state index is 0.156. The number of likely N-dealkylation sites (tertiary alicyclic amines) is 1. The number of nitrogens with zero attached hydrogens (tertiary/aromatic N) is 2. The fourth-order valence-corrected chi connectivity index (χ4v) is 3.78. The summed E-state index contributed by atoms with van der Waals surface area (Å²) in [6, 6.07) is 10.9. The molecule has 134 valence electrons. The van der Waals surface area contributed by atoms with E-state index < -0.39 is 0 Å². The summed E-state index contributed by atoms with van der Waals surface area (Å²) in [6.07, 6.45) is 3.41. The molecule has 1 unspecified atom stereocenters. The number of aliphatic imine (C=N–C) groups is 1. The second-order valence-electron chi connectivity index (χ2n) is 6.81. The van der Waals surface area contributed by atoms with Crippen molar-refractivity contribution in [3.8, 4) is 0 Å². The molecule has 1 aromatic rings. The van der Waals surface area contributed by atoms with Gasteiger partial charge in [-0.2, -0.15) is 0 Å². The first-order chi connectivity index (χ1) is 11.7. The maximum Gasteiger partial charge on any atom is 0.193 e. The van der Waals surface area contributed by atoms with Gasteiger partial charge in [0.15, 0.2) is 5.96 Å². The van der Waals surface area contributed by atoms with Crippen molar-refractivity contribution in [1.29, 1.82) is 0 Å². The van der Waals surface area contributed by atoms with Crippen LogP contribution in [0.25, 0.3) is 0 Å². The Morgan fingerprint density at radius 3 is 2.58 bits per heavy atom. The van der Waals surface area contributed by atoms with Crippen LogP contribution in [0.15, 0.2) is 35.3 Å². The van der Waals surface area contributed by atoms with E-state index in [1.807, 2.05) is 7.05 Å². The Hall–Kier alpha value is -1.55. The average molecular weight is 332 g/mol. The third-order valence-electron chi connectivity index (χ3n) is 5.52. The van der Waals surface area contributed by atoms with Crippen molar-refractivity contribution < 1.29 is 4.74 Å². The van der Waals surface area contributed by atoms with Crippen molar-refractivity contribution >= 4 is 5.96 Å². The van der Waals surface area contributed by atoms with Gasteiger partial charge in [0.2, 0.25) is 0 Å². The summed E-state index contributed by atoms with van der Waals surface area (Å²) in [5, 5.41) is 3.65. The van der Waals surface area contributed by atoms with Gasteiger partial charge in [-0.25, -0.2) is 0 Å². The number of rotatable bonds is 7. The third kappa shape index (κ3) is 4.29. The molecule has 0 saturated carbocycles. The van der Waals surface area contributed by atoms with Crippen LogP contribution in [0, 0.1) is 5.92 Å². The molecule has 4 heteroatoms. The van der Waals surface area contributed by atoms with Crippen LogP contribution in [0.2, 0.25) is 0 Å². The minimum Gasteiger partial charge on any atom is -0.384 e. The van der Waals surface area contributed by atoms with E-state index in [1.54, 1.807) is 7.11 Å². The molecule has 1 heterocycles. The van der Waals surface area contributed by atoms with E-state index >= 15 is 0 Å². The van der Waals surface area contributed by atoms with Gasteiger partial charge in [0, 0.05) is 45.1 Å². The smallest absolute Gasteiger partial charge is 0.193 e. The molecule has 2 rings (SSSR count).